The molecule has 2 aliphatic rings. The van der Waals surface area contributed by atoms with Crippen molar-refractivity contribution in [1.29, 1.82) is 0 Å². The quantitative estimate of drug-likeness (QED) is 0.651. The van der Waals surface area contributed by atoms with E-state index in [2.05, 4.69) is 6.08 Å². The predicted octanol–water partition coefficient (Wildman–Crippen LogP) is 2.99. The zero-order valence-electron chi connectivity index (χ0n) is 8.75. The average molecular weight is 194 g/mol. The average Bonchev–Trinajstić information content (AvgIpc) is 2.53. The first-order chi connectivity index (χ1) is 6.66. The Bertz CT molecular complexity index is 272. The van der Waals surface area contributed by atoms with E-state index in [0.29, 0.717) is 0 Å². The summed E-state index contributed by atoms with van der Waals surface area (Å²) in [4.78, 5) is 11.3. The van der Waals surface area contributed by atoms with E-state index in [1.807, 2.05) is 6.92 Å². The van der Waals surface area contributed by atoms with E-state index in [1.165, 1.54) is 12.8 Å². The molecule has 14 heavy (non-hydrogen) atoms. The van der Waals surface area contributed by atoms with Crippen molar-refractivity contribution in [2.75, 3.05) is 0 Å². The van der Waals surface area contributed by atoms with Gasteiger partial charge >= 0.3 is 5.97 Å². The van der Waals surface area contributed by atoms with Gasteiger partial charge in [-0.3, -0.25) is 4.79 Å². The van der Waals surface area contributed by atoms with E-state index < -0.39 is 5.97 Å². The highest BCUT2D eigenvalue weighted by molar-refractivity contribution is 5.75. The second kappa shape index (κ2) is 3.41. The van der Waals surface area contributed by atoms with Crippen LogP contribution in [-0.4, -0.2) is 11.1 Å². The van der Waals surface area contributed by atoms with Gasteiger partial charge in [-0.2, -0.15) is 0 Å². The van der Waals surface area contributed by atoms with E-state index in [0.717, 1.165) is 31.3 Å². The Kier molecular flexibility index (Phi) is 2.38. The molecule has 0 bridgehead atoms. The van der Waals surface area contributed by atoms with Crippen LogP contribution >= 0.6 is 0 Å². The molecule has 1 fully saturated rings. The number of carboxylic acid groups (broad SMARTS) is 1. The molecular formula is C12H18O2. The molecule has 2 heteroatoms. The van der Waals surface area contributed by atoms with Gasteiger partial charge < -0.3 is 5.11 Å². The Morgan fingerprint density at radius 1 is 1.43 bits per heavy atom. The Hall–Kier alpha value is -0.790. The van der Waals surface area contributed by atoms with Crippen LogP contribution in [-0.2, 0) is 4.79 Å². The lowest BCUT2D eigenvalue weighted by molar-refractivity contribution is -0.145. The van der Waals surface area contributed by atoms with Crippen LogP contribution in [0.15, 0.2) is 11.6 Å². The number of carbonyl (C=O) groups is 1. The summed E-state index contributed by atoms with van der Waals surface area (Å²) in [6.07, 6.45) is 8.96. The van der Waals surface area contributed by atoms with Gasteiger partial charge in [0, 0.05) is 0 Å². The molecule has 78 valence electrons. The van der Waals surface area contributed by atoms with E-state index in [1.54, 1.807) is 0 Å². The van der Waals surface area contributed by atoms with Gasteiger partial charge in [0.2, 0.25) is 0 Å². The van der Waals surface area contributed by atoms with Crippen LogP contribution < -0.4 is 0 Å². The highest BCUT2D eigenvalue weighted by Gasteiger charge is 2.46. The Morgan fingerprint density at radius 2 is 2.07 bits per heavy atom. The summed E-state index contributed by atoms with van der Waals surface area (Å²) in [5, 5.41) is 9.29. The van der Waals surface area contributed by atoms with Crippen molar-refractivity contribution >= 4 is 5.97 Å². The fourth-order valence-electron chi connectivity index (χ4n) is 3.41. The zero-order chi connectivity index (χ0) is 10.2. The van der Waals surface area contributed by atoms with Crippen LogP contribution in [0, 0.1) is 11.3 Å². The molecule has 2 aliphatic carbocycles. The Labute approximate surface area is 85.0 Å². The lowest BCUT2D eigenvalue weighted by atomic mass is 9.65. The van der Waals surface area contributed by atoms with Crippen molar-refractivity contribution in [3.63, 3.8) is 0 Å². The van der Waals surface area contributed by atoms with E-state index in [4.69, 9.17) is 0 Å². The molecule has 0 aromatic rings. The van der Waals surface area contributed by atoms with Crippen molar-refractivity contribution in [2.45, 2.75) is 45.4 Å². The maximum Gasteiger partial charge on any atom is 0.311 e. The highest BCUT2D eigenvalue weighted by atomic mass is 16.4. The van der Waals surface area contributed by atoms with Crippen LogP contribution in [0.4, 0.5) is 0 Å². The van der Waals surface area contributed by atoms with E-state index in [9.17, 15) is 9.90 Å². The van der Waals surface area contributed by atoms with Crippen LogP contribution in [0.25, 0.3) is 0 Å². The monoisotopic (exact) mass is 194 g/mol. The van der Waals surface area contributed by atoms with Gasteiger partial charge in [-0.15, -0.1) is 0 Å². The Balaban J connectivity index is 2.32. The van der Waals surface area contributed by atoms with Gasteiger partial charge in [-0.25, -0.2) is 0 Å². The third-order valence-electron chi connectivity index (χ3n) is 4.02. The van der Waals surface area contributed by atoms with E-state index in [-0.39, 0.29) is 11.3 Å². The fourth-order valence-corrected chi connectivity index (χ4v) is 3.41. The number of hydrogen-bond acceptors (Lipinski definition) is 1. The van der Waals surface area contributed by atoms with Crippen LogP contribution in [0.3, 0.4) is 0 Å². The topological polar surface area (TPSA) is 37.3 Å². The summed E-state index contributed by atoms with van der Waals surface area (Å²) in [5.41, 5.74) is 1.20. The summed E-state index contributed by atoms with van der Waals surface area (Å²) in [6.45, 7) is 1.98. The van der Waals surface area contributed by atoms with Crippen molar-refractivity contribution in [2.24, 2.45) is 11.3 Å². The standard InChI is InChI=1S/C12H18O2/c1-9-5-4-8-12(6-2-3-7-12)10(9)11(13)14/h5,10H,2-4,6-8H2,1H3,(H,13,14). The minimum absolute atomic E-state index is 0.116. The Morgan fingerprint density at radius 3 is 2.64 bits per heavy atom. The molecule has 1 unspecified atom stereocenters. The second-order valence-corrected chi connectivity index (χ2v) is 4.83. The molecule has 0 saturated heterocycles. The first kappa shape index (κ1) is 9.75. The van der Waals surface area contributed by atoms with Crippen molar-refractivity contribution in [1.82, 2.24) is 0 Å². The zero-order valence-corrected chi connectivity index (χ0v) is 8.75. The molecule has 1 atom stereocenters. The largest absolute Gasteiger partial charge is 0.481 e. The number of allylic oxidation sites excluding steroid dienone is 1. The smallest absolute Gasteiger partial charge is 0.311 e. The third-order valence-corrected chi connectivity index (χ3v) is 4.02. The maximum atomic E-state index is 11.3. The first-order valence-electron chi connectivity index (χ1n) is 5.55. The van der Waals surface area contributed by atoms with Crippen LogP contribution in [0.1, 0.15) is 45.4 Å². The third kappa shape index (κ3) is 1.37. The lowest BCUT2D eigenvalue weighted by Crippen LogP contribution is -2.36. The summed E-state index contributed by atoms with van der Waals surface area (Å²) < 4.78 is 0. The number of carboxylic acids is 1. The molecule has 1 N–H and O–H groups in total. The SMILES string of the molecule is CC1=CCCC2(CCCC2)C1C(=O)O. The van der Waals surface area contributed by atoms with Gasteiger partial charge in [-0.1, -0.05) is 24.5 Å². The molecule has 2 rings (SSSR count). The first-order valence-corrected chi connectivity index (χ1v) is 5.55. The summed E-state index contributed by atoms with van der Waals surface area (Å²) in [6, 6.07) is 0. The minimum atomic E-state index is -0.611. The van der Waals surface area contributed by atoms with Gasteiger partial charge in [0.1, 0.15) is 0 Å². The molecule has 0 radical (unpaired) electrons. The van der Waals surface area contributed by atoms with Crippen molar-refractivity contribution < 1.29 is 9.90 Å². The number of rotatable bonds is 1. The molecule has 0 heterocycles. The molecule has 1 saturated carbocycles. The molecule has 1 spiro atoms. The number of aliphatic carboxylic acids is 1. The molecule has 0 aliphatic heterocycles. The minimum Gasteiger partial charge on any atom is -0.481 e. The lowest BCUT2D eigenvalue weighted by Gasteiger charge is -2.38. The van der Waals surface area contributed by atoms with Gasteiger partial charge in [0.05, 0.1) is 5.92 Å². The molecule has 0 amide bonds. The molecule has 0 aromatic carbocycles. The van der Waals surface area contributed by atoms with Crippen LogP contribution in [0.5, 0.6) is 0 Å². The highest BCUT2D eigenvalue weighted by Crippen LogP contribution is 2.52. The van der Waals surface area contributed by atoms with Gasteiger partial charge in [0.25, 0.3) is 0 Å². The molecule has 2 nitrogen and oxygen atoms in total. The van der Waals surface area contributed by atoms with Crippen LogP contribution in [0.2, 0.25) is 0 Å². The molecule has 0 aromatic heterocycles. The van der Waals surface area contributed by atoms with Gasteiger partial charge in [0.15, 0.2) is 0 Å². The number of hydrogen-bond donors (Lipinski definition) is 1. The molecular weight excluding hydrogens is 176 g/mol. The van der Waals surface area contributed by atoms with E-state index >= 15 is 0 Å². The van der Waals surface area contributed by atoms with Crippen molar-refractivity contribution in [3.8, 4) is 0 Å². The predicted molar refractivity (Wildman–Crippen MR) is 55.0 cm³/mol. The summed E-state index contributed by atoms with van der Waals surface area (Å²) in [7, 11) is 0. The fraction of sp³-hybridized carbons (Fsp3) is 0.750. The maximum absolute atomic E-state index is 11.3. The summed E-state index contributed by atoms with van der Waals surface area (Å²) >= 11 is 0. The van der Waals surface area contributed by atoms with Crippen molar-refractivity contribution in [3.05, 3.63) is 11.6 Å². The normalized spacial score (nSPS) is 30.4. The summed E-state index contributed by atoms with van der Waals surface area (Å²) in [5.74, 6) is -0.806. The second-order valence-electron chi connectivity index (χ2n) is 4.83. The van der Waals surface area contributed by atoms with Gasteiger partial charge in [-0.05, 0) is 38.0 Å².